The Morgan fingerprint density at radius 1 is 0.846 bits per heavy atom. The number of benzene rings is 1. The fraction of sp³-hybridized carbons (Fsp3) is 0.632. The van der Waals surface area contributed by atoms with Gasteiger partial charge in [0.2, 0.25) is 5.91 Å². The molecule has 0 aliphatic carbocycles. The predicted molar refractivity (Wildman–Crippen MR) is 102 cm³/mol. The number of rotatable bonds is 4. The standard InChI is InChI=1S/C19H29N3O3S/c1-17-6-8-18(9-7-17)16-19(23)20-12-14-22(15-13-20)26(24,25)21-10-4-2-3-5-11-21/h6-9H,2-5,10-16H2,1H3. The van der Waals surface area contributed by atoms with Gasteiger partial charge in [0, 0.05) is 39.3 Å². The number of hydrogen-bond acceptors (Lipinski definition) is 3. The van der Waals surface area contributed by atoms with Crippen molar-refractivity contribution in [3.05, 3.63) is 35.4 Å². The van der Waals surface area contributed by atoms with Crippen LogP contribution in [0.5, 0.6) is 0 Å². The number of carbonyl (C=O) groups excluding carboxylic acids is 1. The van der Waals surface area contributed by atoms with Crippen molar-refractivity contribution in [3.63, 3.8) is 0 Å². The van der Waals surface area contributed by atoms with Crippen LogP contribution in [0.25, 0.3) is 0 Å². The molecule has 2 aliphatic rings. The van der Waals surface area contributed by atoms with Gasteiger partial charge in [0.1, 0.15) is 0 Å². The lowest BCUT2D eigenvalue weighted by molar-refractivity contribution is -0.131. The minimum Gasteiger partial charge on any atom is -0.340 e. The van der Waals surface area contributed by atoms with E-state index in [0.717, 1.165) is 31.2 Å². The van der Waals surface area contributed by atoms with Crippen LogP contribution < -0.4 is 0 Å². The average molecular weight is 380 g/mol. The van der Waals surface area contributed by atoms with Crippen molar-refractivity contribution in [1.82, 2.24) is 13.5 Å². The fourth-order valence-electron chi connectivity index (χ4n) is 3.60. The average Bonchev–Trinajstić information content (AvgIpc) is 2.94. The summed E-state index contributed by atoms with van der Waals surface area (Å²) >= 11 is 0. The van der Waals surface area contributed by atoms with E-state index in [1.165, 1.54) is 5.56 Å². The monoisotopic (exact) mass is 379 g/mol. The van der Waals surface area contributed by atoms with E-state index in [1.807, 2.05) is 31.2 Å². The zero-order valence-electron chi connectivity index (χ0n) is 15.6. The molecule has 0 spiro atoms. The molecule has 1 aromatic rings. The lowest BCUT2D eigenvalue weighted by atomic mass is 10.1. The summed E-state index contributed by atoms with van der Waals surface area (Å²) in [5.74, 6) is 0.0701. The Kier molecular flexibility index (Phi) is 6.32. The van der Waals surface area contributed by atoms with Gasteiger partial charge in [-0.3, -0.25) is 4.79 Å². The van der Waals surface area contributed by atoms with Crippen molar-refractivity contribution in [2.45, 2.75) is 39.0 Å². The summed E-state index contributed by atoms with van der Waals surface area (Å²) in [6.45, 7) is 4.98. The molecule has 0 bridgehead atoms. The second-order valence-electron chi connectivity index (χ2n) is 7.26. The van der Waals surface area contributed by atoms with E-state index >= 15 is 0 Å². The van der Waals surface area contributed by atoms with Gasteiger partial charge in [-0.05, 0) is 25.3 Å². The SMILES string of the molecule is Cc1ccc(CC(=O)N2CCN(S(=O)(=O)N3CCCCCC3)CC2)cc1. The predicted octanol–water partition coefficient (Wildman–Crippen LogP) is 1.80. The van der Waals surface area contributed by atoms with Gasteiger partial charge in [-0.1, -0.05) is 42.7 Å². The molecule has 2 fully saturated rings. The number of nitrogens with zero attached hydrogens (tertiary/aromatic N) is 3. The fourth-order valence-corrected chi connectivity index (χ4v) is 5.27. The first-order chi connectivity index (χ1) is 12.5. The molecule has 0 N–H and O–H groups in total. The maximum atomic E-state index is 12.8. The summed E-state index contributed by atoms with van der Waals surface area (Å²) in [4.78, 5) is 14.3. The van der Waals surface area contributed by atoms with Crippen LogP contribution in [0.4, 0.5) is 0 Å². The summed E-state index contributed by atoms with van der Waals surface area (Å²) < 4.78 is 28.9. The molecule has 6 nitrogen and oxygen atoms in total. The number of hydrogen-bond donors (Lipinski definition) is 0. The van der Waals surface area contributed by atoms with Crippen molar-refractivity contribution in [2.75, 3.05) is 39.3 Å². The molecule has 26 heavy (non-hydrogen) atoms. The van der Waals surface area contributed by atoms with Gasteiger partial charge < -0.3 is 4.90 Å². The molecule has 1 amide bonds. The van der Waals surface area contributed by atoms with E-state index in [4.69, 9.17) is 0 Å². The third-order valence-corrected chi connectivity index (χ3v) is 7.32. The smallest absolute Gasteiger partial charge is 0.282 e. The van der Waals surface area contributed by atoms with E-state index in [1.54, 1.807) is 13.5 Å². The highest BCUT2D eigenvalue weighted by Gasteiger charge is 2.33. The number of piperazine rings is 1. The summed E-state index contributed by atoms with van der Waals surface area (Å²) in [5.41, 5.74) is 2.17. The van der Waals surface area contributed by atoms with Crippen molar-refractivity contribution < 1.29 is 13.2 Å². The van der Waals surface area contributed by atoms with Crippen LogP contribution in [0.3, 0.4) is 0 Å². The molecule has 0 aromatic heterocycles. The molecule has 2 aliphatic heterocycles. The second kappa shape index (κ2) is 8.50. The highest BCUT2D eigenvalue weighted by atomic mass is 32.2. The Hall–Kier alpha value is -1.44. The summed E-state index contributed by atoms with van der Waals surface area (Å²) in [6, 6.07) is 7.98. The number of aryl methyl sites for hydroxylation is 1. The van der Waals surface area contributed by atoms with E-state index in [9.17, 15) is 13.2 Å². The van der Waals surface area contributed by atoms with Crippen LogP contribution in [-0.2, 0) is 21.4 Å². The Balaban J connectivity index is 1.54. The molecule has 2 heterocycles. The first-order valence-corrected chi connectivity index (χ1v) is 10.9. The van der Waals surface area contributed by atoms with Crippen LogP contribution in [0.2, 0.25) is 0 Å². The highest BCUT2D eigenvalue weighted by Crippen LogP contribution is 2.18. The molecule has 7 heteroatoms. The Morgan fingerprint density at radius 2 is 1.38 bits per heavy atom. The first kappa shape index (κ1) is 19.3. The second-order valence-corrected chi connectivity index (χ2v) is 9.19. The van der Waals surface area contributed by atoms with Gasteiger partial charge >= 0.3 is 0 Å². The maximum Gasteiger partial charge on any atom is 0.282 e. The summed E-state index contributed by atoms with van der Waals surface area (Å²) in [5, 5.41) is 0. The van der Waals surface area contributed by atoms with E-state index in [-0.39, 0.29) is 5.91 Å². The molecular weight excluding hydrogens is 350 g/mol. The minimum atomic E-state index is -3.39. The van der Waals surface area contributed by atoms with Crippen LogP contribution in [0.1, 0.15) is 36.8 Å². The molecule has 0 radical (unpaired) electrons. The quantitative estimate of drug-likeness (QED) is 0.801. The summed E-state index contributed by atoms with van der Waals surface area (Å²) in [6.07, 6.45) is 4.46. The van der Waals surface area contributed by atoms with Crippen LogP contribution >= 0.6 is 0 Å². The number of carbonyl (C=O) groups is 1. The zero-order chi connectivity index (χ0) is 18.6. The van der Waals surface area contributed by atoms with Gasteiger partial charge in [0.15, 0.2) is 0 Å². The highest BCUT2D eigenvalue weighted by molar-refractivity contribution is 7.86. The lowest BCUT2D eigenvalue weighted by Crippen LogP contribution is -2.54. The third-order valence-electron chi connectivity index (χ3n) is 5.28. The topological polar surface area (TPSA) is 60.9 Å². The van der Waals surface area contributed by atoms with Gasteiger partial charge in [-0.2, -0.15) is 17.0 Å². The van der Waals surface area contributed by atoms with Crippen molar-refractivity contribution in [2.24, 2.45) is 0 Å². The molecule has 0 unspecified atom stereocenters. The largest absolute Gasteiger partial charge is 0.340 e. The third kappa shape index (κ3) is 4.64. The Labute approximate surface area is 157 Å². The molecule has 1 aromatic carbocycles. The van der Waals surface area contributed by atoms with E-state index in [0.29, 0.717) is 45.7 Å². The van der Waals surface area contributed by atoms with Gasteiger partial charge in [0.05, 0.1) is 6.42 Å². The van der Waals surface area contributed by atoms with Gasteiger partial charge in [-0.25, -0.2) is 0 Å². The first-order valence-electron chi connectivity index (χ1n) is 9.55. The van der Waals surface area contributed by atoms with E-state index < -0.39 is 10.2 Å². The normalized spacial score (nSPS) is 20.7. The maximum absolute atomic E-state index is 12.8. The van der Waals surface area contributed by atoms with Crippen molar-refractivity contribution in [3.8, 4) is 0 Å². The zero-order valence-corrected chi connectivity index (χ0v) is 16.4. The van der Waals surface area contributed by atoms with E-state index in [2.05, 4.69) is 0 Å². The van der Waals surface area contributed by atoms with Crippen molar-refractivity contribution in [1.29, 1.82) is 0 Å². The van der Waals surface area contributed by atoms with Crippen LogP contribution in [0, 0.1) is 6.92 Å². The molecular formula is C19H29N3O3S. The van der Waals surface area contributed by atoms with Crippen LogP contribution in [-0.4, -0.2) is 67.1 Å². The summed E-state index contributed by atoms with van der Waals surface area (Å²) in [7, 11) is -3.39. The molecule has 0 saturated carbocycles. The Morgan fingerprint density at radius 3 is 1.96 bits per heavy atom. The number of amides is 1. The molecule has 3 rings (SSSR count). The van der Waals surface area contributed by atoms with Gasteiger partial charge in [0.25, 0.3) is 10.2 Å². The van der Waals surface area contributed by atoms with Crippen molar-refractivity contribution >= 4 is 16.1 Å². The minimum absolute atomic E-state index is 0.0701. The molecule has 2 saturated heterocycles. The van der Waals surface area contributed by atoms with Crippen LogP contribution in [0.15, 0.2) is 24.3 Å². The Bertz CT molecular complexity index is 702. The molecule has 0 atom stereocenters. The van der Waals surface area contributed by atoms with Gasteiger partial charge in [-0.15, -0.1) is 0 Å². The molecule has 144 valence electrons. The lowest BCUT2D eigenvalue weighted by Gasteiger charge is -2.36.